The molecule has 0 aromatic heterocycles. The molecule has 0 aliphatic carbocycles. The lowest BCUT2D eigenvalue weighted by Crippen LogP contribution is -2.10. The van der Waals surface area contributed by atoms with Gasteiger partial charge in [0.2, 0.25) is 0 Å². The number of hydrogen-bond donors (Lipinski definition) is 0. The molecular weight excluding hydrogens is 260 g/mol. The molecule has 0 heterocycles. The summed E-state index contributed by atoms with van der Waals surface area (Å²) in [7, 11) is 1.70. The van der Waals surface area contributed by atoms with Crippen LogP contribution in [0.5, 0.6) is 0 Å². The minimum absolute atomic E-state index is 0.125. The second-order valence-corrected chi connectivity index (χ2v) is 5.29. The van der Waals surface area contributed by atoms with Crippen LogP contribution in [-0.4, -0.2) is 20.3 Å². The van der Waals surface area contributed by atoms with Crippen molar-refractivity contribution in [1.29, 1.82) is 0 Å². The lowest BCUT2D eigenvalue weighted by Gasteiger charge is -2.19. The standard InChI is InChI=1S/C19H24O2/c1-16-7-6-10-18(15-16)19(21-14-13-20-2)12-11-17-8-4-3-5-9-17/h3-10,15,19H,11-14H2,1-2H3. The molecule has 0 amide bonds. The highest BCUT2D eigenvalue weighted by atomic mass is 16.5. The maximum Gasteiger partial charge on any atom is 0.0829 e. The molecule has 2 aromatic carbocycles. The first kappa shape index (κ1) is 15.7. The van der Waals surface area contributed by atoms with Crippen LogP contribution in [-0.2, 0) is 15.9 Å². The number of benzene rings is 2. The van der Waals surface area contributed by atoms with E-state index in [-0.39, 0.29) is 6.10 Å². The third kappa shape index (κ3) is 5.33. The first-order chi connectivity index (χ1) is 10.3. The van der Waals surface area contributed by atoms with Gasteiger partial charge < -0.3 is 9.47 Å². The Bertz CT molecular complexity index is 522. The summed E-state index contributed by atoms with van der Waals surface area (Å²) in [6.07, 6.45) is 2.13. The van der Waals surface area contributed by atoms with Crippen molar-refractivity contribution in [2.75, 3.05) is 20.3 Å². The molecule has 2 aromatic rings. The lowest BCUT2D eigenvalue weighted by molar-refractivity contribution is 0.0122. The Morgan fingerprint density at radius 1 is 0.952 bits per heavy atom. The Morgan fingerprint density at radius 2 is 1.76 bits per heavy atom. The highest BCUT2D eigenvalue weighted by Crippen LogP contribution is 2.24. The molecule has 21 heavy (non-hydrogen) atoms. The van der Waals surface area contributed by atoms with Crippen molar-refractivity contribution in [3.8, 4) is 0 Å². The molecule has 0 bridgehead atoms. The Labute approximate surface area is 127 Å². The normalized spacial score (nSPS) is 12.3. The van der Waals surface area contributed by atoms with Gasteiger partial charge in [0, 0.05) is 7.11 Å². The van der Waals surface area contributed by atoms with E-state index in [9.17, 15) is 0 Å². The Kier molecular flexibility index (Phi) is 6.45. The molecule has 1 unspecified atom stereocenters. The molecule has 0 aliphatic heterocycles. The molecule has 0 fully saturated rings. The van der Waals surface area contributed by atoms with Crippen molar-refractivity contribution in [3.05, 3.63) is 71.3 Å². The highest BCUT2D eigenvalue weighted by Gasteiger charge is 2.12. The van der Waals surface area contributed by atoms with Crippen LogP contribution in [0.25, 0.3) is 0 Å². The summed E-state index contributed by atoms with van der Waals surface area (Å²) in [5, 5.41) is 0. The van der Waals surface area contributed by atoms with Crippen molar-refractivity contribution in [2.24, 2.45) is 0 Å². The molecule has 2 rings (SSSR count). The molecule has 0 radical (unpaired) electrons. The summed E-state index contributed by atoms with van der Waals surface area (Å²) in [6.45, 7) is 3.38. The number of hydrogen-bond acceptors (Lipinski definition) is 2. The molecule has 0 spiro atoms. The predicted molar refractivity (Wildman–Crippen MR) is 86.5 cm³/mol. The highest BCUT2D eigenvalue weighted by molar-refractivity contribution is 5.24. The Balaban J connectivity index is 2.01. The summed E-state index contributed by atoms with van der Waals surface area (Å²) < 4.78 is 11.1. The maximum atomic E-state index is 6.02. The Hall–Kier alpha value is -1.64. The van der Waals surface area contributed by atoms with Gasteiger partial charge in [-0.15, -0.1) is 0 Å². The van der Waals surface area contributed by atoms with Gasteiger partial charge in [-0.2, -0.15) is 0 Å². The average molecular weight is 284 g/mol. The SMILES string of the molecule is COCCOC(CCc1ccccc1)c1cccc(C)c1. The zero-order valence-corrected chi connectivity index (χ0v) is 12.9. The molecule has 0 saturated carbocycles. The van der Waals surface area contributed by atoms with Crippen molar-refractivity contribution in [3.63, 3.8) is 0 Å². The van der Waals surface area contributed by atoms with E-state index in [2.05, 4.69) is 61.5 Å². The van der Waals surface area contributed by atoms with Gasteiger partial charge in [-0.25, -0.2) is 0 Å². The van der Waals surface area contributed by atoms with E-state index < -0.39 is 0 Å². The average Bonchev–Trinajstić information content (AvgIpc) is 2.52. The van der Waals surface area contributed by atoms with Crippen molar-refractivity contribution in [1.82, 2.24) is 0 Å². The zero-order valence-electron chi connectivity index (χ0n) is 12.9. The van der Waals surface area contributed by atoms with Gasteiger partial charge in [0.1, 0.15) is 0 Å². The second kappa shape index (κ2) is 8.60. The predicted octanol–water partition coefficient (Wildman–Crippen LogP) is 4.33. The van der Waals surface area contributed by atoms with E-state index in [1.54, 1.807) is 7.11 Å². The van der Waals surface area contributed by atoms with Crippen LogP contribution in [0.4, 0.5) is 0 Å². The minimum atomic E-state index is 0.125. The van der Waals surface area contributed by atoms with Crippen LogP contribution >= 0.6 is 0 Å². The third-order valence-corrected chi connectivity index (χ3v) is 3.56. The largest absolute Gasteiger partial charge is 0.382 e. The Morgan fingerprint density at radius 3 is 2.48 bits per heavy atom. The summed E-state index contributed by atoms with van der Waals surface area (Å²) in [6, 6.07) is 19.1. The van der Waals surface area contributed by atoms with E-state index in [4.69, 9.17) is 9.47 Å². The second-order valence-electron chi connectivity index (χ2n) is 5.29. The molecule has 0 saturated heterocycles. The van der Waals surface area contributed by atoms with Crippen molar-refractivity contribution >= 4 is 0 Å². The van der Waals surface area contributed by atoms with E-state index in [1.165, 1.54) is 16.7 Å². The fraction of sp³-hybridized carbons (Fsp3) is 0.368. The van der Waals surface area contributed by atoms with E-state index in [1.807, 2.05) is 0 Å². The number of rotatable bonds is 8. The zero-order chi connectivity index (χ0) is 14.9. The third-order valence-electron chi connectivity index (χ3n) is 3.56. The van der Waals surface area contributed by atoms with Crippen LogP contribution in [0, 0.1) is 6.92 Å². The fourth-order valence-corrected chi connectivity index (χ4v) is 2.43. The van der Waals surface area contributed by atoms with Crippen LogP contribution in [0.3, 0.4) is 0 Å². The van der Waals surface area contributed by atoms with Gasteiger partial charge in [0.25, 0.3) is 0 Å². The minimum Gasteiger partial charge on any atom is -0.382 e. The van der Waals surface area contributed by atoms with Gasteiger partial charge in [0.15, 0.2) is 0 Å². The van der Waals surface area contributed by atoms with E-state index in [0.29, 0.717) is 13.2 Å². The molecule has 2 nitrogen and oxygen atoms in total. The summed E-state index contributed by atoms with van der Waals surface area (Å²) in [5.74, 6) is 0. The molecule has 1 atom stereocenters. The maximum absolute atomic E-state index is 6.02. The fourth-order valence-electron chi connectivity index (χ4n) is 2.43. The quantitative estimate of drug-likeness (QED) is 0.672. The van der Waals surface area contributed by atoms with Crippen LogP contribution < -0.4 is 0 Å². The summed E-state index contributed by atoms with van der Waals surface area (Å²) in [5.41, 5.74) is 3.88. The monoisotopic (exact) mass is 284 g/mol. The molecule has 2 heteroatoms. The molecule has 0 N–H and O–H groups in total. The molecule has 112 valence electrons. The number of aryl methyl sites for hydroxylation is 2. The number of ether oxygens (including phenoxy) is 2. The summed E-state index contributed by atoms with van der Waals surface area (Å²) in [4.78, 5) is 0. The first-order valence-corrected chi connectivity index (χ1v) is 7.50. The van der Waals surface area contributed by atoms with E-state index in [0.717, 1.165) is 12.8 Å². The van der Waals surface area contributed by atoms with Crippen LogP contribution in [0.15, 0.2) is 54.6 Å². The van der Waals surface area contributed by atoms with E-state index >= 15 is 0 Å². The first-order valence-electron chi connectivity index (χ1n) is 7.50. The van der Waals surface area contributed by atoms with Gasteiger partial charge in [-0.1, -0.05) is 60.2 Å². The van der Waals surface area contributed by atoms with Crippen LogP contribution in [0.1, 0.15) is 29.2 Å². The van der Waals surface area contributed by atoms with Gasteiger partial charge in [-0.3, -0.25) is 0 Å². The number of methoxy groups -OCH3 is 1. The van der Waals surface area contributed by atoms with Crippen molar-refractivity contribution < 1.29 is 9.47 Å². The van der Waals surface area contributed by atoms with Crippen LogP contribution in [0.2, 0.25) is 0 Å². The lowest BCUT2D eigenvalue weighted by atomic mass is 10.00. The summed E-state index contributed by atoms with van der Waals surface area (Å²) >= 11 is 0. The van der Waals surface area contributed by atoms with Crippen molar-refractivity contribution in [2.45, 2.75) is 25.9 Å². The smallest absolute Gasteiger partial charge is 0.0829 e. The van der Waals surface area contributed by atoms with Gasteiger partial charge >= 0.3 is 0 Å². The van der Waals surface area contributed by atoms with Gasteiger partial charge in [-0.05, 0) is 30.9 Å². The van der Waals surface area contributed by atoms with Gasteiger partial charge in [0.05, 0.1) is 19.3 Å². The molecule has 0 aliphatic rings. The topological polar surface area (TPSA) is 18.5 Å². The molecular formula is C19H24O2.